The molecule has 0 saturated carbocycles. The first-order chi connectivity index (χ1) is 38.4. The quantitative estimate of drug-likeness (QED) is 0.117. The maximum Gasteiger partial charge on any atom is 0.146 e. The van der Waals surface area contributed by atoms with Crippen LogP contribution >= 0.6 is 0 Å². The summed E-state index contributed by atoms with van der Waals surface area (Å²) in [7, 11) is 6.93. The van der Waals surface area contributed by atoms with Gasteiger partial charge in [-0.1, -0.05) is 10.4 Å². The Kier molecular flexibility index (Phi) is 14.5. The number of hydrogen-bond donors (Lipinski definition) is 2. The van der Waals surface area contributed by atoms with Gasteiger partial charge in [-0.05, 0) is 139 Å². The van der Waals surface area contributed by atoms with E-state index in [1.54, 1.807) is 75.8 Å². The van der Waals surface area contributed by atoms with E-state index < -0.39 is 11.2 Å². The molecule has 0 bridgehead atoms. The van der Waals surface area contributed by atoms with Gasteiger partial charge in [0.2, 0.25) is 0 Å². The maximum absolute atomic E-state index is 15.6. The van der Waals surface area contributed by atoms with Crippen molar-refractivity contribution in [2.45, 2.75) is 90.5 Å². The van der Waals surface area contributed by atoms with Crippen molar-refractivity contribution in [3.05, 3.63) is 131 Å². The van der Waals surface area contributed by atoms with Gasteiger partial charge in [0.15, 0.2) is 0 Å². The third-order valence-corrected chi connectivity index (χ3v) is 16.0. The van der Waals surface area contributed by atoms with Gasteiger partial charge in [-0.2, -0.15) is 0 Å². The number of methoxy groups -OCH3 is 2. The van der Waals surface area contributed by atoms with Crippen LogP contribution < -0.4 is 9.47 Å². The number of benzene rings is 2. The molecule has 2 saturated heterocycles. The lowest BCUT2D eigenvalue weighted by molar-refractivity contribution is 0.0547. The molecule has 8 aromatic heterocycles. The minimum absolute atomic E-state index is 0.0880. The number of hydrogen-bond acceptors (Lipinski definition) is 14. The largest absolute Gasteiger partial charge is 0.496 e. The third kappa shape index (κ3) is 9.70. The Hall–Kier alpha value is -7.78. The van der Waals surface area contributed by atoms with Gasteiger partial charge >= 0.3 is 0 Å². The molecule has 0 amide bonds. The third-order valence-electron chi connectivity index (χ3n) is 16.0. The Morgan fingerprint density at radius 2 is 0.963 bits per heavy atom. The molecule has 0 spiro atoms. The Morgan fingerprint density at radius 1 is 0.575 bits per heavy atom. The number of fused-ring (bicyclic) bond motifs is 6. The molecule has 18 nitrogen and oxygen atoms in total. The van der Waals surface area contributed by atoms with Crippen molar-refractivity contribution in [2.75, 3.05) is 40.6 Å². The SMILES string of the molecule is COc1cc(C(C)(C)O)cc2c1c1ncc(-c3c(C)nnn3C)cc1n2C(c1ccncc1F)C1CCOCC1.COc1cc(C(C)(C)O)cc2c1c1ncc(-c3c(C)nnn3C)cc1n2C(c1ccncc1F)C1CCOCC1. The summed E-state index contributed by atoms with van der Waals surface area (Å²) < 4.78 is 62.2. The number of aryl methyl sites for hydroxylation is 4. The fraction of sp³-hybridized carbons (Fsp3) is 0.400. The zero-order valence-corrected chi connectivity index (χ0v) is 46.7. The predicted molar refractivity (Wildman–Crippen MR) is 299 cm³/mol. The normalized spacial score (nSPS) is 15.7. The number of halogens is 2. The number of aromatic nitrogens is 12. The first-order valence-corrected chi connectivity index (χ1v) is 26.9. The van der Waals surface area contributed by atoms with E-state index >= 15 is 8.78 Å². The van der Waals surface area contributed by atoms with Gasteiger partial charge in [-0.3, -0.25) is 19.9 Å². The van der Waals surface area contributed by atoms with Crippen LogP contribution in [0.25, 0.3) is 66.4 Å². The standard InChI is InChI=1S/2C30H33FN6O3/c2*1-17-28(36(4)35-34-17)19-12-24-27(33-15-19)26-23(13-20(30(2,3)38)14-25(26)39-5)37(24)29(18-7-10-40-11-8-18)21-6-9-32-16-22(21)31/h2*6,9,12-16,18,29,38H,7-8,10-11H2,1-5H3. The van der Waals surface area contributed by atoms with E-state index in [1.807, 2.05) is 64.6 Å². The van der Waals surface area contributed by atoms with Crippen LogP contribution in [0.1, 0.15) is 99.1 Å². The Balaban J connectivity index is 0.000000169. The zero-order valence-electron chi connectivity index (χ0n) is 46.7. The second kappa shape index (κ2) is 21.4. The molecular formula is C60H66F2N12O6. The van der Waals surface area contributed by atoms with E-state index in [-0.39, 0.29) is 35.6 Å². The minimum Gasteiger partial charge on any atom is -0.496 e. The Labute approximate surface area is 461 Å². The molecule has 12 rings (SSSR count). The number of pyridine rings is 4. The minimum atomic E-state index is -1.13. The second-order valence-corrected chi connectivity index (χ2v) is 22.1. The summed E-state index contributed by atoms with van der Waals surface area (Å²) in [6.45, 7) is 13.2. The molecule has 0 aliphatic carbocycles. The molecule has 80 heavy (non-hydrogen) atoms. The first kappa shape index (κ1) is 54.2. The lowest BCUT2D eigenvalue weighted by Crippen LogP contribution is -2.27. The average Bonchev–Trinajstić information content (AvgIpc) is 4.19. The van der Waals surface area contributed by atoms with Crippen LogP contribution in [0.2, 0.25) is 0 Å². The average molecular weight is 1090 g/mol. The fourth-order valence-corrected chi connectivity index (χ4v) is 12.1. The van der Waals surface area contributed by atoms with Crippen LogP contribution in [0.15, 0.2) is 85.7 Å². The van der Waals surface area contributed by atoms with Crippen LogP contribution in [-0.2, 0) is 34.8 Å². The number of rotatable bonds is 12. The molecule has 416 valence electrons. The van der Waals surface area contributed by atoms with E-state index in [0.29, 0.717) is 60.2 Å². The summed E-state index contributed by atoms with van der Waals surface area (Å²) >= 11 is 0. The molecule has 10 aromatic rings. The van der Waals surface area contributed by atoms with Crippen molar-refractivity contribution in [1.82, 2.24) is 59.1 Å². The lowest BCUT2D eigenvalue weighted by atomic mass is 9.86. The van der Waals surface area contributed by atoms with Crippen molar-refractivity contribution in [2.24, 2.45) is 25.9 Å². The van der Waals surface area contributed by atoms with Gasteiger partial charge in [0.25, 0.3) is 0 Å². The van der Waals surface area contributed by atoms with Crippen LogP contribution in [0.3, 0.4) is 0 Å². The summed E-state index contributed by atoms with van der Waals surface area (Å²) in [6, 6.07) is 14.6. The van der Waals surface area contributed by atoms with Gasteiger partial charge in [-0.25, -0.2) is 18.1 Å². The molecule has 2 unspecified atom stereocenters. The molecule has 2 aromatic carbocycles. The summed E-state index contributed by atoms with van der Waals surface area (Å²) in [5, 5.41) is 40.5. The highest BCUT2D eigenvalue weighted by Gasteiger charge is 2.36. The van der Waals surface area contributed by atoms with E-state index in [0.717, 1.165) is 103 Å². The Bertz CT molecular complexity index is 3640. The molecule has 20 heteroatoms. The van der Waals surface area contributed by atoms with E-state index in [9.17, 15) is 10.2 Å². The second-order valence-electron chi connectivity index (χ2n) is 22.1. The predicted octanol–water partition coefficient (Wildman–Crippen LogP) is 10.2. The fourth-order valence-electron chi connectivity index (χ4n) is 12.1. The first-order valence-electron chi connectivity index (χ1n) is 26.9. The van der Waals surface area contributed by atoms with Crippen LogP contribution in [0.5, 0.6) is 11.5 Å². The van der Waals surface area contributed by atoms with Crippen molar-refractivity contribution in [3.8, 4) is 34.0 Å². The zero-order chi connectivity index (χ0) is 56.4. The van der Waals surface area contributed by atoms with Crippen LogP contribution in [-0.4, -0.2) is 110 Å². The molecule has 2 atom stereocenters. The Morgan fingerprint density at radius 3 is 1.29 bits per heavy atom. The van der Waals surface area contributed by atoms with Crippen molar-refractivity contribution < 1.29 is 37.9 Å². The maximum atomic E-state index is 15.6. The summed E-state index contributed by atoms with van der Waals surface area (Å²) in [6.07, 6.45) is 12.5. The number of ether oxygens (including phenoxy) is 4. The molecule has 2 N–H and O–H groups in total. The summed E-state index contributed by atoms with van der Waals surface area (Å²) in [5.74, 6) is 0.636. The van der Waals surface area contributed by atoms with Gasteiger partial charge in [0.1, 0.15) is 23.1 Å². The number of nitrogens with zero attached hydrogens (tertiary/aromatic N) is 12. The van der Waals surface area contributed by atoms with Crippen molar-refractivity contribution in [3.63, 3.8) is 0 Å². The smallest absolute Gasteiger partial charge is 0.146 e. The molecular weight excluding hydrogens is 1020 g/mol. The number of aliphatic hydroxyl groups is 2. The summed E-state index contributed by atoms with van der Waals surface area (Å²) in [4.78, 5) is 18.0. The van der Waals surface area contributed by atoms with Gasteiger partial charge < -0.3 is 38.3 Å². The van der Waals surface area contributed by atoms with E-state index in [4.69, 9.17) is 28.9 Å². The van der Waals surface area contributed by atoms with Gasteiger partial charge in [-0.15, -0.1) is 10.2 Å². The van der Waals surface area contributed by atoms with Crippen molar-refractivity contribution in [1.29, 1.82) is 0 Å². The molecule has 0 radical (unpaired) electrons. The highest BCUT2D eigenvalue weighted by Crippen LogP contribution is 2.48. The van der Waals surface area contributed by atoms with Gasteiger partial charge in [0, 0.05) is 87.6 Å². The van der Waals surface area contributed by atoms with Crippen molar-refractivity contribution >= 4 is 43.9 Å². The highest BCUT2D eigenvalue weighted by atomic mass is 19.1. The molecule has 2 aliphatic rings. The molecule has 2 aliphatic heterocycles. The highest BCUT2D eigenvalue weighted by molar-refractivity contribution is 6.11. The van der Waals surface area contributed by atoms with E-state index in [2.05, 4.69) is 51.9 Å². The summed E-state index contributed by atoms with van der Waals surface area (Å²) in [5.41, 5.74) is 9.94. The lowest BCUT2D eigenvalue weighted by Gasteiger charge is -2.33. The monoisotopic (exact) mass is 1090 g/mol. The molecule has 10 heterocycles. The van der Waals surface area contributed by atoms with E-state index in [1.165, 1.54) is 12.4 Å². The van der Waals surface area contributed by atoms with Crippen LogP contribution in [0, 0.1) is 37.3 Å². The topological polar surface area (TPSA) is 200 Å². The molecule has 2 fully saturated rings. The van der Waals surface area contributed by atoms with Crippen LogP contribution in [0.4, 0.5) is 8.78 Å². The van der Waals surface area contributed by atoms with Gasteiger partial charge in [0.05, 0.1) is 117 Å².